The Kier molecular flexibility index (Phi) is 6.98. The molecule has 0 spiro atoms. The molecular weight excluding hydrogens is 525 g/mol. The summed E-state index contributed by atoms with van der Waals surface area (Å²) >= 11 is 0. The molecule has 2 aliphatic heterocycles. The monoisotopic (exact) mass is 559 g/mol. The van der Waals surface area contributed by atoms with E-state index < -0.39 is 17.8 Å². The van der Waals surface area contributed by atoms with E-state index in [4.69, 9.17) is 20.3 Å². The van der Waals surface area contributed by atoms with E-state index in [9.17, 15) is 4.79 Å². The lowest BCUT2D eigenvalue weighted by Crippen LogP contribution is -2.64. The van der Waals surface area contributed by atoms with Crippen molar-refractivity contribution in [3.63, 3.8) is 0 Å². The zero-order valence-electron chi connectivity index (χ0n) is 23.4. The summed E-state index contributed by atoms with van der Waals surface area (Å²) in [7, 11) is 0. The number of likely N-dealkylation sites (tertiary alicyclic amines) is 2. The molecule has 10 nitrogen and oxygen atoms in total. The summed E-state index contributed by atoms with van der Waals surface area (Å²) in [5, 5.41) is 5.45. The number of amides is 1. The largest absolute Gasteiger partial charge is 0.457 e. The Hall–Kier alpha value is -4.25. The number of hydrogen-bond donors (Lipinski definition) is 1. The number of hydrogen-bond acceptors (Lipinski definition) is 8. The third-order valence-electron chi connectivity index (χ3n) is 7.51. The fraction of sp³-hybridized carbons (Fsp3) is 0.400. The van der Waals surface area contributed by atoms with Crippen molar-refractivity contribution in [1.29, 1.82) is 0 Å². The summed E-state index contributed by atoms with van der Waals surface area (Å²) in [5.41, 5.74) is 7.67. The summed E-state index contributed by atoms with van der Waals surface area (Å²) in [5.74, 6) is 1.73. The van der Waals surface area contributed by atoms with Crippen LogP contribution in [-0.2, 0) is 4.74 Å². The molecule has 6 rings (SSSR count). The van der Waals surface area contributed by atoms with Crippen LogP contribution in [0.15, 0.2) is 60.9 Å². The van der Waals surface area contributed by atoms with Gasteiger partial charge in [0.15, 0.2) is 5.65 Å². The highest BCUT2D eigenvalue weighted by atomic mass is 19.1. The first-order valence-corrected chi connectivity index (χ1v) is 13.8. The zero-order chi connectivity index (χ0) is 28.7. The van der Waals surface area contributed by atoms with Gasteiger partial charge in [-0.2, -0.15) is 5.10 Å². The van der Waals surface area contributed by atoms with Crippen LogP contribution in [0, 0.1) is 0 Å². The Bertz CT molecular complexity index is 1530. The molecule has 2 saturated heterocycles. The van der Waals surface area contributed by atoms with Gasteiger partial charge in [0, 0.05) is 37.8 Å². The molecule has 2 aromatic carbocycles. The summed E-state index contributed by atoms with van der Waals surface area (Å²) in [4.78, 5) is 24.7. The molecule has 0 radical (unpaired) electrons. The van der Waals surface area contributed by atoms with Crippen LogP contribution in [0.4, 0.5) is 15.0 Å². The number of ether oxygens (including phenoxy) is 2. The first-order chi connectivity index (χ1) is 19.7. The third kappa shape index (κ3) is 5.54. The summed E-state index contributed by atoms with van der Waals surface area (Å²) in [6, 6.07) is 16.7. The van der Waals surface area contributed by atoms with E-state index in [1.807, 2.05) is 75.4 Å². The van der Waals surface area contributed by atoms with Crippen molar-refractivity contribution in [3.8, 4) is 22.8 Å². The predicted molar refractivity (Wildman–Crippen MR) is 153 cm³/mol. The molecule has 11 heteroatoms. The molecule has 2 atom stereocenters. The van der Waals surface area contributed by atoms with E-state index in [1.54, 1.807) is 9.58 Å². The Morgan fingerprint density at radius 3 is 2.39 bits per heavy atom. The van der Waals surface area contributed by atoms with Crippen molar-refractivity contribution >= 4 is 22.9 Å². The van der Waals surface area contributed by atoms with Gasteiger partial charge in [-0.25, -0.2) is 23.8 Å². The minimum atomic E-state index is -1.17. The molecule has 2 aliphatic rings. The molecule has 1 amide bonds. The smallest absolute Gasteiger partial charge is 0.410 e. The van der Waals surface area contributed by atoms with Crippen LogP contribution < -0.4 is 10.5 Å². The number of nitrogen functional groups attached to an aromatic ring is 1. The molecule has 4 aromatic rings. The second-order valence-corrected chi connectivity index (χ2v) is 11.6. The summed E-state index contributed by atoms with van der Waals surface area (Å²) in [6.07, 6.45) is 0.438. The lowest BCUT2D eigenvalue weighted by Gasteiger charge is -2.48. The maximum Gasteiger partial charge on any atom is 0.410 e. The highest BCUT2D eigenvalue weighted by Gasteiger charge is 2.42. The molecule has 0 bridgehead atoms. The molecule has 0 aliphatic carbocycles. The van der Waals surface area contributed by atoms with Gasteiger partial charge in [0.25, 0.3) is 0 Å². The molecule has 2 aromatic heterocycles. The zero-order valence-corrected chi connectivity index (χ0v) is 23.4. The number of anilines is 1. The fourth-order valence-electron chi connectivity index (χ4n) is 5.42. The Morgan fingerprint density at radius 2 is 1.71 bits per heavy atom. The summed E-state index contributed by atoms with van der Waals surface area (Å²) < 4.78 is 28.8. The maximum absolute atomic E-state index is 15.8. The second-order valence-electron chi connectivity index (χ2n) is 11.6. The van der Waals surface area contributed by atoms with Gasteiger partial charge in [-0.3, -0.25) is 4.90 Å². The number of para-hydroxylation sites is 1. The Balaban J connectivity index is 1.18. The first-order valence-electron chi connectivity index (χ1n) is 13.8. The average molecular weight is 560 g/mol. The van der Waals surface area contributed by atoms with Crippen LogP contribution >= 0.6 is 0 Å². The van der Waals surface area contributed by atoms with Crippen LogP contribution in [-0.4, -0.2) is 79.6 Å². The van der Waals surface area contributed by atoms with Crippen molar-refractivity contribution in [3.05, 3.63) is 60.9 Å². The van der Waals surface area contributed by atoms with Crippen LogP contribution in [0.25, 0.3) is 22.3 Å². The van der Waals surface area contributed by atoms with E-state index in [-0.39, 0.29) is 18.7 Å². The molecular formula is C30H34FN7O3. The minimum Gasteiger partial charge on any atom is -0.457 e. The lowest BCUT2D eigenvalue weighted by atomic mass is 9.98. The van der Waals surface area contributed by atoms with Crippen LogP contribution in [0.5, 0.6) is 11.5 Å². The Labute approximate surface area is 237 Å². The van der Waals surface area contributed by atoms with Crippen molar-refractivity contribution in [2.45, 2.75) is 51.0 Å². The third-order valence-corrected chi connectivity index (χ3v) is 7.51. The van der Waals surface area contributed by atoms with Crippen molar-refractivity contribution < 1.29 is 18.7 Å². The standard InChI is InChI=1S/C30H34FN7O3/c1-30(2,3)41-29(39)37-15-20(16-37)36-14-13-24(23(31)17-36)38-28-25(27(32)33-18-34-28)26(35-38)19-9-11-22(12-10-19)40-21-7-5-4-6-8-21/h4-12,18,20,23-24H,13-17H2,1-3H3,(H2,32,33,34)/t23-,24-/m1/s1. The minimum absolute atomic E-state index is 0.112. The van der Waals surface area contributed by atoms with Crippen LogP contribution in [0.3, 0.4) is 0 Å². The SMILES string of the molecule is CC(C)(C)OC(=O)N1CC(N2CC[C@@H](n3nc(-c4ccc(Oc5ccccc5)cc4)c4c(N)ncnc43)[C@H](F)C2)C1. The van der Waals surface area contributed by atoms with Crippen LogP contribution in [0.2, 0.25) is 0 Å². The maximum atomic E-state index is 15.8. The van der Waals surface area contributed by atoms with Gasteiger partial charge < -0.3 is 20.1 Å². The number of aromatic nitrogens is 4. The molecule has 4 heterocycles. The van der Waals surface area contributed by atoms with Gasteiger partial charge in [-0.1, -0.05) is 18.2 Å². The second kappa shape index (κ2) is 10.6. The predicted octanol–water partition coefficient (Wildman–Crippen LogP) is 5.07. The quantitative estimate of drug-likeness (QED) is 0.361. The van der Waals surface area contributed by atoms with Crippen LogP contribution in [0.1, 0.15) is 33.2 Å². The highest BCUT2D eigenvalue weighted by molar-refractivity contribution is 5.98. The number of alkyl halides is 1. The number of nitrogens with zero attached hydrogens (tertiary/aromatic N) is 6. The molecule has 214 valence electrons. The van der Waals surface area contributed by atoms with E-state index >= 15 is 4.39 Å². The van der Waals surface area contributed by atoms with Gasteiger partial charge in [0.05, 0.1) is 11.4 Å². The first kappa shape index (κ1) is 26.9. The number of benzene rings is 2. The number of fused-ring (bicyclic) bond motifs is 1. The number of rotatable bonds is 5. The van der Waals surface area contributed by atoms with E-state index in [2.05, 4.69) is 14.9 Å². The number of carbonyl (C=O) groups excluding carboxylic acids is 1. The molecule has 0 unspecified atom stereocenters. The van der Waals surface area contributed by atoms with Gasteiger partial charge in [-0.05, 0) is 63.6 Å². The number of piperidine rings is 1. The molecule has 2 N–H and O–H groups in total. The van der Waals surface area contributed by atoms with Gasteiger partial charge in [0.1, 0.15) is 41.1 Å². The number of carbonyl (C=O) groups is 1. The van der Waals surface area contributed by atoms with Crippen molar-refractivity contribution in [2.24, 2.45) is 0 Å². The number of nitrogens with two attached hydrogens (primary N) is 1. The van der Waals surface area contributed by atoms with Crippen molar-refractivity contribution in [1.82, 2.24) is 29.5 Å². The van der Waals surface area contributed by atoms with Gasteiger partial charge in [0.2, 0.25) is 0 Å². The molecule has 41 heavy (non-hydrogen) atoms. The molecule has 2 fully saturated rings. The van der Waals surface area contributed by atoms with E-state index in [1.165, 1.54) is 6.33 Å². The topological polar surface area (TPSA) is 112 Å². The normalized spacial score (nSPS) is 20.1. The Morgan fingerprint density at radius 1 is 1.00 bits per heavy atom. The summed E-state index contributed by atoms with van der Waals surface area (Å²) in [6.45, 7) is 7.54. The average Bonchev–Trinajstić information content (AvgIpc) is 3.29. The molecule has 0 saturated carbocycles. The van der Waals surface area contributed by atoms with Crippen molar-refractivity contribution in [2.75, 3.05) is 31.9 Å². The fourth-order valence-corrected chi connectivity index (χ4v) is 5.42. The van der Waals surface area contributed by atoms with E-state index in [0.717, 1.165) is 11.3 Å². The number of halogens is 1. The van der Waals surface area contributed by atoms with Gasteiger partial charge in [-0.15, -0.1) is 0 Å². The van der Waals surface area contributed by atoms with Gasteiger partial charge >= 0.3 is 6.09 Å². The van der Waals surface area contributed by atoms with E-state index in [0.29, 0.717) is 54.3 Å². The lowest BCUT2D eigenvalue weighted by molar-refractivity contribution is -0.0322. The highest BCUT2D eigenvalue weighted by Crippen LogP contribution is 2.36.